The molecule has 1 aliphatic heterocycles. The number of carbonyl (C=O) groups is 2. The molecule has 1 aliphatic rings. The van der Waals surface area contributed by atoms with Gasteiger partial charge in [-0.1, -0.05) is 12.1 Å². The predicted octanol–water partition coefficient (Wildman–Crippen LogP) is 4.65. The molecule has 0 aliphatic carbocycles. The van der Waals surface area contributed by atoms with Crippen LogP contribution in [0.25, 0.3) is 0 Å². The fourth-order valence-electron chi connectivity index (χ4n) is 4.29. The fourth-order valence-corrected chi connectivity index (χ4v) is 4.29. The molecule has 0 fully saturated rings. The number of amides is 1. The van der Waals surface area contributed by atoms with Gasteiger partial charge in [-0.2, -0.15) is 18.3 Å². The molecule has 0 unspecified atom stereocenters. The first-order valence-corrected chi connectivity index (χ1v) is 11.2. The van der Waals surface area contributed by atoms with E-state index in [0.29, 0.717) is 41.8 Å². The Kier molecular flexibility index (Phi) is 6.75. The molecule has 0 bridgehead atoms. The summed E-state index contributed by atoms with van der Waals surface area (Å²) >= 11 is 0. The van der Waals surface area contributed by atoms with E-state index in [2.05, 4.69) is 15.2 Å². The lowest BCUT2D eigenvalue weighted by Gasteiger charge is -2.21. The van der Waals surface area contributed by atoms with Crippen LogP contribution < -0.4 is 10.2 Å². The molecule has 7 nitrogen and oxygen atoms in total. The summed E-state index contributed by atoms with van der Waals surface area (Å²) < 4.78 is 59.7. The number of aromatic nitrogens is 2. The molecule has 2 heterocycles. The standard InChI is InChI=1S/C25H24F4N4O3/c1-14(17-4-6-18(7-5-17)24(35)36-3)30-22(34)21-15(2)31-33-9-8-32(23(21)33)13-16-10-19(25(27,28)29)12-20(26)11-16/h4-7,10-12,14H,8-9,13H2,1-3H3,(H,30,34)/t14-/m0/s1. The summed E-state index contributed by atoms with van der Waals surface area (Å²) in [6.07, 6.45) is -4.67. The number of rotatable bonds is 6. The summed E-state index contributed by atoms with van der Waals surface area (Å²) in [4.78, 5) is 26.6. The van der Waals surface area contributed by atoms with Crippen molar-refractivity contribution in [3.8, 4) is 0 Å². The molecule has 0 saturated heterocycles. The van der Waals surface area contributed by atoms with Crippen molar-refractivity contribution in [2.75, 3.05) is 18.6 Å². The maximum Gasteiger partial charge on any atom is 0.416 e. The van der Waals surface area contributed by atoms with Crippen LogP contribution in [0, 0.1) is 12.7 Å². The van der Waals surface area contributed by atoms with Gasteiger partial charge in [0, 0.05) is 13.1 Å². The van der Waals surface area contributed by atoms with Gasteiger partial charge in [0.1, 0.15) is 17.2 Å². The van der Waals surface area contributed by atoms with Crippen LogP contribution >= 0.6 is 0 Å². The highest BCUT2D eigenvalue weighted by molar-refractivity contribution is 6.00. The first-order chi connectivity index (χ1) is 17.0. The van der Waals surface area contributed by atoms with Crippen molar-refractivity contribution in [2.45, 2.75) is 39.2 Å². The molecular weight excluding hydrogens is 480 g/mol. The maximum absolute atomic E-state index is 13.9. The molecule has 2 aromatic carbocycles. The average Bonchev–Trinajstić information content (AvgIpc) is 3.35. The van der Waals surface area contributed by atoms with Crippen molar-refractivity contribution in [2.24, 2.45) is 0 Å². The van der Waals surface area contributed by atoms with Crippen LogP contribution in [-0.2, 0) is 24.0 Å². The summed E-state index contributed by atoms with van der Waals surface area (Å²) in [6.45, 7) is 4.29. The second kappa shape index (κ2) is 9.63. The Balaban J connectivity index is 1.55. The molecule has 1 aromatic heterocycles. The number of nitrogens with one attached hydrogen (secondary N) is 1. The van der Waals surface area contributed by atoms with E-state index in [1.165, 1.54) is 7.11 Å². The van der Waals surface area contributed by atoms with Gasteiger partial charge in [-0.05, 0) is 55.3 Å². The fraction of sp³-hybridized carbons (Fsp3) is 0.320. The molecule has 1 atom stereocenters. The summed E-state index contributed by atoms with van der Waals surface area (Å²) in [5.74, 6) is -1.38. The van der Waals surface area contributed by atoms with Crippen LogP contribution in [0.15, 0.2) is 42.5 Å². The second-order valence-electron chi connectivity index (χ2n) is 8.58. The third-order valence-corrected chi connectivity index (χ3v) is 6.05. The number of halogens is 4. The van der Waals surface area contributed by atoms with Crippen molar-refractivity contribution in [1.29, 1.82) is 0 Å². The van der Waals surface area contributed by atoms with Crippen molar-refractivity contribution in [3.63, 3.8) is 0 Å². The normalized spacial score (nSPS) is 13.9. The third-order valence-electron chi connectivity index (χ3n) is 6.05. The Morgan fingerprint density at radius 2 is 1.83 bits per heavy atom. The van der Waals surface area contributed by atoms with Crippen molar-refractivity contribution in [3.05, 3.63) is 81.8 Å². The summed E-state index contributed by atoms with van der Waals surface area (Å²) in [5.41, 5.74) is 0.987. The summed E-state index contributed by atoms with van der Waals surface area (Å²) in [5, 5.41) is 7.32. The number of aryl methyl sites for hydroxylation is 1. The Labute approximate surface area is 204 Å². The SMILES string of the molecule is COC(=O)c1ccc([C@H](C)NC(=O)c2c(C)nn3c2N(Cc2cc(F)cc(C(F)(F)F)c2)CC3)cc1. The molecule has 36 heavy (non-hydrogen) atoms. The van der Waals surface area contributed by atoms with Crippen LogP contribution in [0.4, 0.5) is 23.4 Å². The number of nitrogens with zero attached hydrogens (tertiary/aromatic N) is 3. The molecule has 1 N–H and O–H groups in total. The highest BCUT2D eigenvalue weighted by atomic mass is 19.4. The first kappa shape index (κ1) is 25.2. The Morgan fingerprint density at radius 3 is 2.47 bits per heavy atom. The summed E-state index contributed by atoms with van der Waals surface area (Å²) in [7, 11) is 1.29. The molecule has 4 rings (SSSR count). The van der Waals surface area contributed by atoms with Crippen LogP contribution in [-0.4, -0.2) is 35.3 Å². The second-order valence-corrected chi connectivity index (χ2v) is 8.58. The molecule has 3 aromatic rings. The Morgan fingerprint density at radius 1 is 1.14 bits per heavy atom. The molecule has 1 amide bonds. The van der Waals surface area contributed by atoms with E-state index >= 15 is 0 Å². The smallest absolute Gasteiger partial charge is 0.416 e. The number of hydrogen-bond acceptors (Lipinski definition) is 5. The van der Waals surface area contributed by atoms with E-state index in [9.17, 15) is 27.2 Å². The third kappa shape index (κ3) is 5.05. The number of benzene rings is 2. The van der Waals surface area contributed by atoms with Gasteiger partial charge < -0.3 is 15.0 Å². The molecular formula is C25H24F4N4O3. The topological polar surface area (TPSA) is 76.5 Å². The van der Waals surface area contributed by atoms with Gasteiger partial charge in [0.15, 0.2) is 0 Å². The number of methoxy groups -OCH3 is 1. The first-order valence-electron chi connectivity index (χ1n) is 11.2. The summed E-state index contributed by atoms with van der Waals surface area (Å²) in [6, 6.07) is 8.63. The van der Waals surface area contributed by atoms with Gasteiger partial charge in [0.05, 0.1) is 36.5 Å². The van der Waals surface area contributed by atoms with Gasteiger partial charge >= 0.3 is 12.1 Å². The van der Waals surface area contributed by atoms with Gasteiger partial charge in [0.2, 0.25) is 0 Å². The quantitative estimate of drug-likeness (QED) is 0.391. The van der Waals surface area contributed by atoms with E-state index < -0.39 is 35.5 Å². The molecule has 0 spiro atoms. The molecule has 11 heteroatoms. The van der Waals surface area contributed by atoms with Crippen LogP contribution in [0.2, 0.25) is 0 Å². The van der Waals surface area contributed by atoms with Gasteiger partial charge in [-0.15, -0.1) is 0 Å². The minimum Gasteiger partial charge on any atom is -0.465 e. The zero-order valence-electron chi connectivity index (χ0n) is 19.8. The van der Waals surface area contributed by atoms with Crippen LogP contribution in [0.1, 0.15) is 56.1 Å². The van der Waals surface area contributed by atoms with Gasteiger partial charge in [-0.3, -0.25) is 4.79 Å². The average molecular weight is 504 g/mol. The highest BCUT2D eigenvalue weighted by Crippen LogP contribution is 2.33. The number of carbonyl (C=O) groups excluding carboxylic acids is 2. The van der Waals surface area contributed by atoms with E-state index in [-0.39, 0.29) is 12.1 Å². The lowest BCUT2D eigenvalue weighted by molar-refractivity contribution is -0.137. The van der Waals surface area contributed by atoms with E-state index in [1.54, 1.807) is 47.7 Å². The number of alkyl halides is 3. The van der Waals surface area contributed by atoms with E-state index in [1.807, 2.05) is 0 Å². The van der Waals surface area contributed by atoms with Crippen molar-refractivity contribution >= 4 is 17.7 Å². The number of hydrogen-bond donors (Lipinski definition) is 1. The minimum atomic E-state index is -4.67. The number of fused-ring (bicyclic) bond motifs is 1. The Hall–Kier alpha value is -3.89. The van der Waals surface area contributed by atoms with Gasteiger partial charge in [-0.25, -0.2) is 13.9 Å². The number of esters is 1. The number of anilines is 1. The highest BCUT2D eigenvalue weighted by Gasteiger charge is 2.33. The lowest BCUT2D eigenvalue weighted by Crippen LogP contribution is -2.29. The molecule has 190 valence electrons. The zero-order chi connectivity index (χ0) is 26.2. The predicted molar refractivity (Wildman–Crippen MR) is 123 cm³/mol. The zero-order valence-corrected chi connectivity index (χ0v) is 19.8. The van der Waals surface area contributed by atoms with Crippen molar-refractivity contribution in [1.82, 2.24) is 15.1 Å². The maximum atomic E-state index is 13.9. The Bertz CT molecular complexity index is 1300. The van der Waals surface area contributed by atoms with Crippen LogP contribution in [0.5, 0.6) is 0 Å². The largest absolute Gasteiger partial charge is 0.465 e. The number of ether oxygens (including phenoxy) is 1. The van der Waals surface area contributed by atoms with Gasteiger partial charge in [0.25, 0.3) is 5.91 Å². The molecule has 0 saturated carbocycles. The van der Waals surface area contributed by atoms with Crippen LogP contribution in [0.3, 0.4) is 0 Å². The monoisotopic (exact) mass is 504 g/mol. The van der Waals surface area contributed by atoms with Crippen molar-refractivity contribution < 1.29 is 31.9 Å². The minimum absolute atomic E-state index is 0.0171. The van der Waals surface area contributed by atoms with E-state index in [0.717, 1.165) is 17.7 Å². The lowest BCUT2D eigenvalue weighted by atomic mass is 10.1. The molecule has 0 radical (unpaired) electrons. The van der Waals surface area contributed by atoms with E-state index in [4.69, 9.17) is 0 Å².